The molecule has 3 aliphatic rings. The number of nitrogens with zero attached hydrogens (tertiary/aromatic N) is 2. The van der Waals surface area contributed by atoms with Crippen molar-refractivity contribution in [3.8, 4) is 5.75 Å². The first-order valence-corrected chi connectivity index (χ1v) is 10.8. The number of amides is 3. The molecule has 2 saturated heterocycles. The number of nitrogens with one attached hydrogen (secondary N) is 1. The van der Waals surface area contributed by atoms with E-state index in [9.17, 15) is 14.4 Å². The van der Waals surface area contributed by atoms with E-state index in [1.54, 1.807) is 12.1 Å². The van der Waals surface area contributed by atoms with Gasteiger partial charge in [-0.15, -0.1) is 0 Å². The second-order valence-electron chi connectivity index (χ2n) is 8.12. The van der Waals surface area contributed by atoms with Crippen LogP contribution in [0, 0.1) is 0 Å². The van der Waals surface area contributed by atoms with E-state index in [0.29, 0.717) is 11.3 Å². The Morgan fingerprint density at radius 3 is 2.64 bits per heavy atom. The van der Waals surface area contributed by atoms with Crippen molar-refractivity contribution in [3.05, 3.63) is 64.7 Å². The summed E-state index contributed by atoms with van der Waals surface area (Å²) < 4.78 is 44.4. The van der Waals surface area contributed by atoms with Gasteiger partial charge in [-0.25, -0.2) is 0 Å². The molecule has 0 aliphatic carbocycles. The Morgan fingerprint density at radius 1 is 1.09 bits per heavy atom. The second kappa shape index (κ2) is 9.33. The third kappa shape index (κ3) is 4.62. The Morgan fingerprint density at radius 2 is 1.85 bits per heavy atom. The van der Waals surface area contributed by atoms with Gasteiger partial charge in [0.2, 0.25) is 11.8 Å². The summed E-state index contributed by atoms with van der Waals surface area (Å²) in [5.74, 6) is -2.76. The maximum Gasteiger partial charge on any atom is 0.255 e. The highest BCUT2D eigenvalue weighted by Crippen LogP contribution is 2.34. The molecule has 8 nitrogen and oxygen atoms in total. The molecule has 172 valence electrons. The summed E-state index contributed by atoms with van der Waals surface area (Å²) in [4.78, 5) is 40.8. The molecule has 2 fully saturated rings. The Kier molecular flexibility index (Phi) is 4.88. The number of carbonyl (C=O) groups is 3. The van der Waals surface area contributed by atoms with E-state index in [2.05, 4.69) is 4.90 Å². The molecule has 33 heavy (non-hydrogen) atoms. The molecule has 2 aromatic rings. The van der Waals surface area contributed by atoms with Crippen LogP contribution in [0.4, 0.5) is 0 Å². The van der Waals surface area contributed by atoms with Gasteiger partial charge in [-0.3, -0.25) is 24.6 Å². The van der Waals surface area contributed by atoms with Crippen molar-refractivity contribution in [2.45, 2.75) is 38.5 Å². The lowest BCUT2D eigenvalue weighted by Gasteiger charge is -2.29. The van der Waals surface area contributed by atoms with E-state index in [1.165, 1.54) is 11.6 Å². The predicted octanol–water partition coefficient (Wildman–Crippen LogP) is 1.86. The smallest absolute Gasteiger partial charge is 0.255 e. The van der Waals surface area contributed by atoms with Gasteiger partial charge in [0, 0.05) is 41.3 Å². The molecule has 5 rings (SSSR count). The lowest BCUT2D eigenvalue weighted by atomic mass is 10.0. The summed E-state index contributed by atoms with van der Waals surface area (Å²) in [5.41, 5.74) is 2.71. The largest absolute Gasteiger partial charge is 0.489 e. The number of imide groups is 1. The topological polar surface area (TPSA) is 88.2 Å². The van der Waals surface area contributed by atoms with Gasteiger partial charge in [-0.1, -0.05) is 30.3 Å². The van der Waals surface area contributed by atoms with Crippen LogP contribution in [-0.2, 0) is 34.0 Å². The summed E-state index contributed by atoms with van der Waals surface area (Å²) in [7, 11) is 0. The molecule has 0 saturated carbocycles. The monoisotopic (exact) mass is 453 g/mol. The fourth-order valence-electron chi connectivity index (χ4n) is 4.15. The molecule has 0 bridgehead atoms. The van der Waals surface area contributed by atoms with Crippen LogP contribution in [0.3, 0.4) is 0 Å². The van der Waals surface area contributed by atoms with Crippen molar-refractivity contribution in [2.75, 3.05) is 26.3 Å². The molecule has 2 unspecified atom stereocenters. The zero-order valence-electron chi connectivity index (χ0n) is 22.0. The van der Waals surface area contributed by atoms with Gasteiger partial charge >= 0.3 is 0 Å². The van der Waals surface area contributed by atoms with Gasteiger partial charge in [-0.05, 0) is 29.6 Å². The minimum absolute atomic E-state index is 0.187. The molecule has 3 aliphatic heterocycles. The van der Waals surface area contributed by atoms with Crippen molar-refractivity contribution in [1.82, 2.24) is 15.1 Å². The summed E-state index contributed by atoms with van der Waals surface area (Å²) in [6, 6.07) is 10.0. The number of piperidine rings is 1. The third-order valence-electron chi connectivity index (χ3n) is 5.91. The van der Waals surface area contributed by atoms with E-state index in [1.807, 2.05) is 29.6 Å². The van der Waals surface area contributed by atoms with E-state index >= 15 is 0 Å². The number of hydrogen-bond acceptors (Lipinski definition) is 6. The molecular weight excluding hydrogens is 422 g/mol. The van der Waals surface area contributed by atoms with Gasteiger partial charge in [0.05, 0.1) is 21.1 Å². The number of benzene rings is 2. The first kappa shape index (κ1) is 17.3. The van der Waals surface area contributed by atoms with Crippen molar-refractivity contribution < 1.29 is 29.3 Å². The first-order valence-electron chi connectivity index (χ1n) is 12.9. The molecule has 0 spiro atoms. The minimum Gasteiger partial charge on any atom is -0.489 e. The van der Waals surface area contributed by atoms with E-state index in [4.69, 9.17) is 15.0 Å². The van der Waals surface area contributed by atoms with Crippen molar-refractivity contribution in [3.63, 3.8) is 0 Å². The van der Waals surface area contributed by atoms with Crippen LogP contribution >= 0.6 is 0 Å². The highest BCUT2D eigenvalue weighted by atomic mass is 16.5. The summed E-state index contributed by atoms with van der Waals surface area (Å²) >= 11 is 0. The van der Waals surface area contributed by atoms with Gasteiger partial charge in [-0.2, -0.15) is 0 Å². The lowest BCUT2D eigenvalue weighted by Crippen LogP contribution is -2.52. The zero-order chi connectivity index (χ0) is 26.4. The quantitative estimate of drug-likeness (QED) is 0.672. The van der Waals surface area contributed by atoms with Crippen molar-refractivity contribution in [2.24, 2.45) is 0 Å². The molecule has 3 heterocycles. The minimum atomic E-state index is -2.92. The highest BCUT2D eigenvalue weighted by Gasteiger charge is 2.40. The van der Waals surface area contributed by atoms with Crippen LogP contribution in [-0.4, -0.2) is 59.8 Å². The highest BCUT2D eigenvalue weighted by molar-refractivity contribution is 6.05. The fourth-order valence-corrected chi connectivity index (χ4v) is 4.15. The molecule has 2 atom stereocenters. The number of hydrogen-bond donors (Lipinski definition) is 1. The molecular formula is C25H27N3O5. The van der Waals surface area contributed by atoms with Crippen LogP contribution in [0.5, 0.6) is 5.75 Å². The summed E-state index contributed by atoms with van der Waals surface area (Å²) in [5, 5.41) is 1.86. The molecule has 8 heteroatoms. The van der Waals surface area contributed by atoms with Crippen LogP contribution in [0.1, 0.15) is 45.3 Å². The summed E-state index contributed by atoms with van der Waals surface area (Å²) in [6.07, 6.45) is -4.96. The normalized spacial score (nSPS) is 28.9. The standard InChI is InChI=1S/C25H27N3O5/c29-23-9-8-21(24(30)26-23)28-15-20-19(25(28)31)2-1-3-22(20)33-16-18-6-4-17(5-7-18)14-27-10-12-32-13-11-27/h1-7,21H,8-16H2,(H,26,29,30)/i8D2,9D,21D. The van der Waals surface area contributed by atoms with Gasteiger partial charge < -0.3 is 14.4 Å². The van der Waals surface area contributed by atoms with E-state index in [-0.39, 0.29) is 18.7 Å². The number of carbonyl (C=O) groups excluding carboxylic acids is 3. The van der Waals surface area contributed by atoms with Gasteiger partial charge in [0.1, 0.15) is 18.4 Å². The molecule has 1 N–H and O–H groups in total. The third-order valence-corrected chi connectivity index (χ3v) is 5.91. The average molecular weight is 454 g/mol. The van der Waals surface area contributed by atoms with Crippen molar-refractivity contribution >= 4 is 17.7 Å². The van der Waals surface area contributed by atoms with E-state index in [0.717, 1.165) is 43.3 Å². The van der Waals surface area contributed by atoms with Crippen molar-refractivity contribution in [1.29, 1.82) is 0 Å². The average Bonchev–Trinajstić information content (AvgIpc) is 3.24. The summed E-state index contributed by atoms with van der Waals surface area (Å²) in [6.45, 7) is 4.09. The van der Waals surface area contributed by atoms with Crippen LogP contribution < -0.4 is 10.1 Å². The fraction of sp³-hybridized carbons (Fsp3) is 0.400. The van der Waals surface area contributed by atoms with Crippen LogP contribution in [0.2, 0.25) is 0 Å². The van der Waals surface area contributed by atoms with E-state index < -0.39 is 36.5 Å². The zero-order valence-corrected chi connectivity index (χ0v) is 18.0. The van der Waals surface area contributed by atoms with Crippen LogP contribution in [0.25, 0.3) is 0 Å². The SMILES string of the molecule is [2H]C1C(=O)NC(=O)C([2H])(N2Cc3c(OCc4ccc(CN5CCOCC5)cc4)cccc3C2=O)C1([2H])[2H]. The number of rotatable bonds is 6. The molecule has 0 aromatic heterocycles. The Labute approximate surface area is 198 Å². The number of fused-ring (bicyclic) bond motifs is 1. The first-order chi connectivity index (χ1) is 17.6. The van der Waals surface area contributed by atoms with Gasteiger partial charge in [0.25, 0.3) is 5.91 Å². The molecule has 3 amide bonds. The Balaban J connectivity index is 1.31. The Hall–Kier alpha value is -3.23. The molecule has 2 aromatic carbocycles. The Bertz CT molecular complexity index is 1240. The maximum absolute atomic E-state index is 13.2. The lowest BCUT2D eigenvalue weighted by molar-refractivity contribution is -0.136. The molecule has 0 radical (unpaired) electrons. The van der Waals surface area contributed by atoms with Gasteiger partial charge in [0.15, 0.2) is 0 Å². The second-order valence-corrected chi connectivity index (χ2v) is 8.12. The maximum atomic E-state index is 13.2. The predicted molar refractivity (Wildman–Crippen MR) is 119 cm³/mol. The number of ether oxygens (including phenoxy) is 2. The number of morpholine rings is 1. The van der Waals surface area contributed by atoms with Crippen LogP contribution in [0.15, 0.2) is 42.5 Å².